The maximum Gasteiger partial charge on any atom is 0.345 e. The second-order valence-corrected chi connectivity index (χ2v) is 8.91. The highest BCUT2D eigenvalue weighted by Gasteiger charge is 2.23. The first-order valence-electron chi connectivity index (χ1n) is 6.45. The molecule has 0 fully saturated rings. The van der Waals surface area contributed by atoms with E-state index in [1.54, 1.807) is 0 Å². The Labute approximate surface area is 140 Å². The first kappa shape index (κ1) is 15.9. The Hall–Kier alpha value is -2.03. The fraction of sp³-hybridized carbons (Fsp3) is 0.0667. The topological polar surface area (TPSA) is 84.3 Å². The first-order valence-corrected chi connectivity index (χ1v) is 10.0. The highest BCUT2D eigenvalue weighted by Crippen LogP contribution is 2.38. The van der Waals surface area contributed by atoms with Crippen LogP contribution in [0.5, 0.6) is 0 Å². The number of thiophene rings is 1. The quantitative estimate of drug-likeness (QED) is 0.763. The van der Waals surface area contributed by atoms with Crippen molar-refractivity contribution in [2.45, 2.75) is 4.21 Å². The molecule has 0 atom stereocenters. The molecule has 0 spiro atoms. The number of aromatic carboxylic acids is 1. The zero-order valence-electron chi connectivity index (χ0n) is 11.9. The summed E-state index contributed by atoms with van der Waals surface area (Å²) in [5.74, 6) is -1.15. The highest BCUT2D eigenvalue weighted by atomic mass is 32.2. The molecule has 0 unspecified atom stereocenters. The molecule has 23 heavy (non-hydrogen) atoms. The third-order valence-electron chi connectivity index (χ3n) is 3.05. The van der Waals surface area contributed by atoms with E-state index in [0.29, 0.717) is 10.6 Å². The number of aromatic nitrogens is 1. The van der Waals surface area contributed by atoms with Crippen LogP contribution in [0, 0.1) is 0 Å². The molecule has 3 aromatic rings. The smallest absolute Gasteiger partial charge is 0.345 e. The van der Waals surface area contributed by atoms with Gasteiger partial charge in [0.25, 0.3) is 0 Å². The molecule has 8 heteroatoms. The van der Waals surface area contributed by atoms with Crippen LogP contribution in [0.4, 0.5) is 0 Å². The maximum absolute atomic E-state index is 11.9. The number of carboxylic acid groups (broad SMARTS) is 1. The van der Waals surface area contributed by atoms with Crippen LogP contribution in [0.15, 0.2) is 46.0 Å². The fourth-order valence-electron chi connectivity index (χ4n) is 2.04. The Bertz CT molecular complexity index is 971. The maximum atomic E-state index is 11.9. The normalized spacial score (nSPS) is 11.5. The van der Waals surface area contributed by atoms with Crippen molar-refractivity contribution in [1.82, 2.24) is 4.98 Å². The van der Waals surface area contributed by atoms with Gasteiger partial charge in [0.05, 0.1) is 5.69 Å². The van der Waals surface area contributed by atoms with E-state index < -0.39 is 15.8 Å². The van der Waals surface area contributed by atoms with E-state index in [4.69, 9.17) is 5.11 Å². The summed E-state index contributed by atoms with van der Waals surface area (Å²) in [6.07, 6.45) is 1.07. The van der Waals surface area contributed by atoms with Gasteiger partial charge in [-0.2, -0.15) is 0 Å². The number of hydrogen-bond donors (Lipinski definition) is 1. The van der Waals surface area contributed by atoms with Crippen LogP contribution in [0.1, 0.15) is 9.67 Å². The van der Waals surface area contributed by atoms with Crippen molar-refractivity contribution in [2.75, 3.05) is 6.26 Å². The van der Waals surface area contributed by atoms with Crippen molar-refractivity contribution in [2.24, 2.45) is 0 Å². The first-order chi connectivity index (χ1) is 10.9. The van der Waals surface area contributed by atoms with Gasteiger partial charge in [-0.25, -0.2) is 18.2 Å². The number of carboxylic acids is 1. The molecular formula is C15H11NO4S3. The van der Waals surface area contributed by atoms with Gasteiger partial charge in [0.1, 0.15) is 14.1 Å². The minimum atomic E-state index is -3.53. The second-order valence-electron chi connectivity index (χ2n) is 4.79. The van der Waals surface area contributed by atoms with Gasteiger partial charge in [-0.15, -0.1) is 22.7 Å². The average Bonchev–Trinajstić information content (AvgIpc) is 3.14. The Morgan fingerprint density at radius 1 is 1.22 bits per heavy atom. The summed E-state index contributed by atoms with van der Waals surface area (Å²) in [4.78, 5) is 15.6. The summed E-state index contributed by atoms with van der Waals surface area (Å²) in [6.45, 7) is 0. The van der Waals surface area contributed by atoms with Crippen molar-refractivity contribution in [3.05, 3.63) is 46.7 Å². The van der Waals surface area contributed by atoms with Crippen LogP contribution >= 0.6 is 22.7 Å². The molecule has 2 heterocycles. The number of hydrogen-bond acceptors (Lipinski definition) is 6. The summed E-state index contributed by atoms with van der Waals surface area (Å²) in [5.41, 5.74) is 2.00. The lowest BCUT2D eigenvalue weighted by atomic mass is 10.2. The molecule has 1 N–H and O–H groups in total. The van der Waals surface area contributed by atoms with Crippen LogP contribution in [-0.4, -0.2) is 30.7 Å². The lowest BCUT2D eigenvalue weighted by molar-refractivity contribution is 0.0702. The lowest BCUT2D eigenvalue weighted by Crippen LogP contribution is -1.95. The number of thiazole rings is 1. The summed E-state index contributed by atoms with van der Waals surface area (Å²) in [6, 6.07) is 10.9. The molecule has 2 aromatic heterocycles. The third-order valence-corrected chi connectivity index (χ3v) is 6.89. The summed E-state index contributed by atoms with van der Waals surface area (Å²) < 4.78 is 23.9. The molecular weight excluding hydrogens is 354 g/mol. The summed E-state index contributed by atoms with van der Waals surface area (Å²) in [7, 11) is -3.53. The molecule has 0 aliphatic heterocycles. The van der Waals surface area contributed by atoms with Crippen molar-refractivity contribution < 1.29 is 18.3 Å². The number of rotatable bonds is 4. The average molecular weight is 365 g/mol. The minimum Gasteiger partial charge on any atom is -0.477 e. The van der Waals surface area contributed by atoms with E-state index in [1.807, 2.05) is 35.7 Å². The van der Waals surface area contributed by atoms with Crippen LogP contribution in [0.25, 0.3) is 21.8 Å². The monoisotopic (exact) mass is 365 g/mol. The van der Waals surface area contributed by atoms with Gasteiger partial charge in [0.2, 0.25) is 0 Å². The van der Waals surface area contributed by atoms with Gasteiger partial charge in [0, 0.05) is 22.8 Å². The molecule has 5 nitrogen and oxygen atoms in total. The van der Waals surface area contributed by atoms with Crippen molar-refractivity contribution in [1.29, 1.82) is 0 Å². The number of benzene rings is 1. The predicted molar refractivity (Wildman–Crippen MR) is 90.9 cm³/mol. The molecule has 0 radical (unpaired) electrons. The zero-order valence-corrected chi connectivity index (χ0v) is 14.3. The molecule has 118 valence electrons. The molecule has 0 aliphatic carbocycles. The van der Waals surface area contributed by atoms with Gasteiger partial charge in [-0.3, -0.25) is 0 Å². The van der Waals surface area contributed by atoms with Crippen molar-refractivity contribution >= 4 is 38.5 Å². The van der Waals surface area contributed by atoms with E-state index in [9.17, 15) is 13.2 Å². The Balaban J connectivity index is 2.12. The molecule has 0 amide bonds. The third kappa shape index (κ3) is 3.19. The largest absolute Gasteiger partial charge is 0.477 e. The number of sulfone groups is 1. The fourth-order valence-corrected chi connectivity index (χ4v) is 5.18. The number of nitrogens with zero attached hydrogens (tertiary/aromatic N) is 1. The van der Waals surface area contributed by atoms with E-state index >= 15 is 0 Å². The predicted octanol–water partition coefficient (Wildman–Crippen LogP) is 3.64. The van der Waals surface area contributed by atoms with Gasteiger partial charge in [-0.1, -0.05) is 30.3 Å². The van der Waals surface area contributed by atoms with Crippen LogP contribution in [0.3, 0.4) is 0 Å². The van der Waals surface area contributed by atoms with Crippen molar-refractivity contribution in [3.8, 4) is 21.8 Å². The molecule has 0 aliphatic rings. The van der Waals surface area contributed by atoms with Crippen molar-refractivity contribution in [3.63, 3.8) is 0 Å². The second kappa shape index (κ2) is 5.88. The van der Waals surface area contributed by atoms with Gasteiger partial charge in [0.15, 0.2) is 9.84 Å². The number of carbonyl (C=O) groups is 1. The van der Waals surface area contributed by atoms with E-state index in [2.05, 4.69) is 4.98 Å². The molecule has 0 saturated carbocycles. The van der Waals surface area contributed by atoms with E-state index in [-0.39, 0.29) is 9.09 Å². The standard InChI is InChI=1S/C15H11NO4S3/c1-23(19,20)15-10(7-12(22-15)14(17)18)13-16-11(8-21-13)9-5-3-2-4-6-9/h2-8H,1H3,(H,17,18). The summed E-state index contributed by atoms with van der Waals surface area (Å²) in [5, 5.41) is 11.4. The van der Waals surface area contributed by atoms with Crippen LogP contribution < -0.4 is 0 Å². The zero-order chi connectivity index (χ0) is 16.6. The Morgan fingerprint density at radius 2 is 1.91 bits per heavy atom. The molecule has 0 saturated heterocycles. The van der Waals surface area contributed by atoms with Gasteiger partial charge >= 0.3 is 5.97 Å². The Morgan fingerprint density at radius 3 is 2.52 bits per heavy atom. The van der Waals surface area contributed by atoms with Crippen LogP contribution in [0.2, 0.25) is 0 Å². The van der Waals surface area contributed by atoms with E-state index in [1.165, 1.54) is 17.4 Å². The van der Waals surface area contributed by atoms with Gasteiger partial charge in [-0.05, 0) is 6.07 Å². The van der Waals surface area contributed by atoms with E-state index in [0.717, 1.165) is 28.8 Å². The molecule has 1 aromatic carbocycles. The lowest BCUT2D eigenvalue weighted by Gasteiger charge is -1.98. The van der Waals surface area contributed by atoms with Crippen LogP contribution in [-0.2, 0) is 9.84 Å². The molecule has 3 rings (SSSR count). The minimum absolute atomic E-state index is 0.0168. The summed E-state index contributed by atoms with van der Waals surface area (Å²) >= 11 is 2.04. The Kier molecular flexibility index (Phi) is 4.05. The van der Waals surface area contributed by atoms with Gasteiger partial charge < -0.3 is 5.11 Å². The molecule has 0 bridgehead atoms. The highest BCUT2D eigenvalue weighted by molar-refractivity contribution is 7.93. The SMILES string of the molecule is CS(=O)(=O)c1sc(C(=O)O)cc1-c1nc(-c2ccccc2)cs1.